The molecule has 2 aromatic rings. The fourth-order valence-electron chi connectivity index (χ4n) is 2.86. The zero-order chi connectivity index (χ0) is 20.9. The summed E-state index contributed by atoms with van der Waals surface area (Å²) >= 11 is 6.24. The second-order valence-corrected chi connectivity index (χ2v) is 6.85. The molecule has 0 spiro atoms. The van der Waals surface area contributed by atoms with Gasteiger partial charge in [-0.25, -0.2) is 4.79 Å². The number of nitrogens with two attached hydrogens (primary N) is 1. The van der Waals surface area contributed by atoms with Gasteiger partial charge in [-0.05, 0) is 55.3 Å². The largest absolute Gasteiger partial charge is 0.491 e. The number of nitrogens with one attached hydrogen (secondary N) is 2. The van der Waals surface area contributed by atoms with Crippen molar-refractivity contribution in [2.45, 2.75) is 25.8 Å². The third-order valence-electron chi connectivity index (χ3n) is 4.41. The third-order valence-corrected chi connectivity index (χ3v) is 4.62. The van der Waals surface area contributed by atoms with E-state index in [0.29, 0.717) is 34.0 Å². The maximum Gasteiger partial charge on any atom is 0.333 e. The number of aliphatic carboxylic acids is 1. The first kappa shape index (κ1) is 21.5. The predicted octanol–water partition coefficient (Wildman–Crippen LogP) is 2.97. The van der Waals surface area contributed by atoms with Crippen LogP contribution in [0.4, 0.5) is 5.69 Å². The molecule has 2 aromatic carbocycles. The van der Waals surface area contributed by atoms with E-state index in [2.05, 4.69) is 5.32 Å². The van der Waals surface area contributed by atoms with Gasteiger partial charge < -0.3 is 26.0 Å². The van der Waals surface area contributed by atoms with E-state index >= 15 is 0 Å². The van der Waals surface area contributed by atoms with E-state index in [9.17, 15) is 9.90 Å². The van der Waals surface area contributed by atoms with E-state index in [1.807, 2.05) is 6.92 Å². The Morgan fingerprint density at radius 3 is 2.46 bits per heavy atom. The minimum atomic E-state index is -1.56. The fourth-order valence-corrected chi connectivity index (χ4v) is 3.10. The van der Waals surface area contributed by atoms with Crippen molar-refractivity contribution >= 4 is 29.1 Å². The Balaban J connectivity index is 2.56. The summed E-state index contributed by atoms with van der Waals surface area (Å²) in [5, 5.41) is 30.0. The summed E-state index contributed by atoms with van der Waals surface area (Å²) in [7, 11) is 0. The Labute approximate surface area is 168 Å². The van der Waals surface area contributed by atoms with Crippen LogP contribution in [0.15, 0.2) is 36.4 Å². The van der Waals surface area contributed by atoms with Crippen molar-refractivity contribution in [1.82, 2.24) is 0 Å². The lowest BCUT2D eigenvalue weighted by Gasteiger charge is -2.31. The third kappa shape index (κ3) is 4.55. The summed E-state index contributed by atoms with van der Waals surface area (Å²) in [5.74, 6) is -0.810. The van der Waals surface area contributed by atoms with E-state index in [1.54, 1.807) is 36.4 Å². The lowest BCUT2D eigenvalue weighted by Crippen LogP contribution is -2.41. The summed E-state index contributed by atoms with van der Waals surface area (Å²) in [4.78, 5) is 12.3. The maximum atomic E-state index is 12.3. The average molecular weight is 406 g/mol. The van der Waals surface area contributed by atoms with Crippen LogP contribution in [-0.2, 0) is 16.8 Å². The Bertz CT molecular complexity index is 870. The molecule has 0 radical (unpaired) electrons. The maximum absolute atomic E-state index is 12.3. The minimum Gasteiger partial charge on any atom is -0.491 e. The fraction of sp³-hybridized carbons (Fsp3) is 0.300. The highest BCUT2D eigenvalue weighted by Crippen LogP contribution is 2.38. The molecule has 0 fully saturated rings. The van der Waals surface area contributed by atoms with Crippen molar-refractivity contribution < 1.29 is 19.7 Å². The lowest BCUT2D eigenvalue weighted by atomic mass is 9.88. The van der Waals surface area contributed by atoms with Crippen LogP contribution in [0.3, 0.4) is 0 Å². The van der Waals surface area contributed by atoms with Crippen molar-refractivity contribution in [1.29, 1.82) is 5.41 Å². The number of benzene rings is 2. The van der Waals surface area contributed by atoms with E-state index in [1.165, 1.54) is 6.92 Å². The Morgan fingerprint density at radius 1 is 1.32 bits per heavy atom. The van der Waals surface area contributed by atoms with Crippen molar-refractivity contribution in [2.24, 2.45) is 5.73 Å². The highest BCUT2D eigenvalue weighted by Gasteiger charge is 2.39. The number of ether oxygens (including phenoxy) is 1. The molecule has 0 aliphatic heterocycles. The molecule has 0 aliphatic rings. The standard InChI is InChI=1S/C20H24ClN3O4/c1-3-12-10-14(21)11-16(17(12)28-9-8-25)20(2,19(26)27)24-15-6-4-13(5-7-15)18(22)23/h4-7,10-11,24-25H,3,8-9H2,1-2H3,(H3,22,23)(H,26,27). The van der Waals surface area contributed by atoms with Gasteiger partial charge in [-0.1, -0.05) is 18.5 Å². The smallest absolute Gasteiger partial charge is 0.333 e. The van der Waals surface area contributed by atoms with Gasteiger partial charge in [-0.3, -0.25) is 5.41 Å². The molecule has 7 nitrogen and oxygen atoms in total. The number of carbonyl (C=O) groups is 1. The average Bonchev–Trinajstić information content (AvgIpc) is 2.66. The van der Waals surface area contributed by atoms with Gasteiger partial charge in [0, 0.05) is 21.8 Å². The molecule has 150 valence electrons. The van der Waals surface area contributed by atoms with Gasteiger partial charge in [0.25, 0.3) is 0 Å². The van der Waals surface area contributed by atoms with Gasteiger partial charge in [0.2, 0.25) is 0 Å². The van der Waals surface area contributed by atoms with Gasteiger partial charge in [-0.15, -0.1) is 0 Å². The number of rotatable bonds is 9. The number of halogens is 1. The number of amidine groups is 1. The van der Waals surface area contributed by atoms with E-state index in [-0.39, 0.29) is 19.0 Å². The summed E-state index contributed by atoms with van der Waals surface area (Å²) in [6.45, 7) is 3.26. The number of nitrogen functional groups attached to an aromatic ring is 1. The zero-order valence-electron chi connectivity index (χ0n) is 15.8. The highest BCUT2D eigenvalue weighted by atomic mass is 35.5. The Kier molecular flexibility index (Phi) is 6.88. The molecule has 0 aromatic heterocycles. The molecule has 1 atom stereocenters. The number of hydrogen-bond acceptors (Lipinski definition) is 5. The van der Waals surface area contributed by atoms with Crippen LogP contribution < -0.4 is 15.8 Å². The van der Waals surface area contributed by atoms with E-state index < -0.39 is 11.5 Å². The number of aliphatic hydroxyl groups excluding tert-OH is 1. The first-order chi connectivity index (χ1) is 13.2. The van der Waals surface area contributed by atoms with Gasteiger partial charge in [-0.2, -0.15) is 0 Å². The molecular formula is C20H24ClN3O4. The van der Waals surface area contributed by atoms with Crippen LogP contribution in [0, 0.1) is 5.41 Å². The second-order valence-electron chi connectivity index (χ2n) is 6.41. The summed E-state index contributed by atoms with van der Waals surface area (Å²) in [6, 6.07) is 9.84. The SMILES string of the molecule is CCc1cc(Cl)cc(C(C)(Nc2ccc(C(=N)N)cc2)C(=O)O)c1OCCO. The van der Waals surface area contributed by atoms with Crippen molar-refractivity contribution in [2.75, 3.05) is 18.5 Å². The summed E-state index contributed by atoms with van der Waals surface area (Å²) < 4.78 is 5.69. The highest BCUT2D eigenvalue weighted by molar-refractivity contribution is 6.30. The zero-order valence-corrected chi connectivity index (χ0v) is 16.5. The van der Waals surface area contributed by atoms with Crippen molar-refractivity contribution in [3.8, 4) is 5.75 Å². The molecule has 8 heteroatoms. The summed E-state index contributed by atoms with van der Waals surface area (Å²) in [5.41, 5.74) is 6.07. The van der Waals surface area contributed by atoms with Gasteiger partial charge >= 0.3 is 5.97 Å². The molecule has 2 rings (SSSR count). The van der Waals surface area contributed by atoms with Gasteiger partial charge in [0.1, 0.15) is 18.2 Å². The van der Waals surface area contributed by atoms with Crippen LogP contribution in [0.2, 0.25) is 5.02 Å². The first-order valence-corrected chi connectivity index (χ1v) is 9.13. The monoisotopic (exact) mass is 405 g/mol. The number of anilines is 1. The molecule has 0 saturated heterocycles. The van der Waals surface area contributed by atoms with Crippen LogP contribution in [0.25, 0.3) is 0 Å². The Morgan fingerprint density at radius 2 is 1.96 bits per heavy atom. The molecular weight excluding hydrogens is 382 g/mol. The van der Waals surface area contributed by atoms with Crippen LogP contribution in [-0.4, -0.2) is 35.2 Å². The first-order valence-electron chi connectivity index (χ1n) is 8.75. The van der Waals surface area contributed by atoms with Gasteiger partial charge in [0.05, 0.1) is 6.61 Å². The molecule has 0 aliphatic carbocycles. The topological polar surface area (TPSA) is 129 Å². The molecule has 0 bridgehead atoms. The number of hydrogen-bond donors (Lipinski definition) is 5. The Hall–Kier alpha value is -2.77. The molecule has 0 heterocycles. The number of aliphatic hydroxyl groups is 1. The second kappa shape index (κ2) is 8.95. The normalized spacial score (nSPS) is 12.9. The number of carboxylic acids is 1. The molecule has 6 N–H and O–H groups in total. The van der Waals surface area contributed by atoms with Crippen LogP contribution in [0.5, 0.6) is 5.75 Å². The van der Waals surface area contributed by atoms with E-state index in [4.69, 9.17) is 32.6 Å². The molecule has 0 amide bonds. The van der Waals surface area contributed by atoms with Crippen molar-refractivity contribution in [3.05, 3.63) is 58.1 Å². The number of carboxylic acid groups (broad SMARTS) is 1. The van der Waals surface area contributed by atoms with Crippen LogP contribution >= 0.6 is 11.6 Å². The molecule has 28 heavy (non-hydrogen) atoms. The predicted molar refractivity (Wildman–Crippen MR) is 109 cm³/mol. The molecule has 0 saturated carbocycles. The lowest BCUT2D eigenvalue weighted by molar-refractivity contribution is -0.142. The molecule has 1 unspecified atom stereocenters. The van der Waals surface area contributed by atoms with Crippen LogP contribution in [0.1, 0.15) is 30.5 Å². The number of aryl methyl sites for hydroxylation is 1. The quantitative estimate of drug-likeness (QED) is 0.322. The summed E-state index contributed by atoms with van der Waals surface area (Å²) in [6.07, 6.45) is 0.581. The van der Waals surface area contributed by atoms with Gasteiger partial charge in [0.15, 0.2) is 5.54 Å². The van der Waals surface area contributed by atoms with E-state index in [0.717, 1.165) is 5.56 Å². The van der Waals surface area contributed by atoms with Crippen molar-refractivity contribution in [3.63, 3.8) is 0 Å². The minimum absolute atomic E-state index is 0.0324.